The second-order valence-electron chi connectivity index (χ2n) is 4.33. The summed E-state index contributed by atoms with van der Waals surface area (Å²) in [5.41, 5.74) is 1.02. The SMILES string of the molecule is Clc1ccc(CSc2nnc(NCc3ccco3)s2)c(Cl)c1. The van der Waals surface area contributed by atoms with E-state index in [0.717, 1.165) is 26.5 Å². The van der Waals surface area contributed by atoms with E-state index in [1.165, 1.54) is 11.3 Å². The number of nitrogens with zero attached hydrogens (tertiary/aromatic N) is 2. The van der Waals surface area contributed by atoms with Crippen LogP contribution in [-0.2, 0) is 12.3 Å². The molecule has 0 aliphatic carbocycles. The van der Waals surface area contributed by atoms with Crippen molar-refractivity contribution in [1.29, 1.82) is 0 Å². The summed E-state index contributed by atoms with van der Waals surface area (Å²) in [6.45, 7) is 0.593. The molecule has 0 aliphatic heterocycles. The fraction of sp³-hybridized carbons (Fsp3) is 0.143. The highest BCUT2D eigenvalue weighted by Gasteiger charge is 2.07. The summed E-state index contributed by atoms with van der Waals surface area (Å²) in [6.07, 6.45) is 1.65. The Balaban J connectivity index is 1.55. The third kappa shape index (κ3) is 4.16. The van der Waals surface area contributed by atoms with Gasteiger partial charge in [0.2, 0.25) is 5.13 Å². The number of nitrogens with one attached hydrogen (secondary N) is 1. The van der Waals surface area contributed by atoms with Crippen LogP contribution in [0.1, 0.15) is 11.3 Å². The Morgan fingerprint density at radius 1 is 1.23 bits per heavy atom. The summed E-state index contributed by atoms with van der Waals surface area (Å²) in [5.74, 6) is 1.58. The molecule has 0 aliphatic rings. The summed E-state index contributed by atoms with van der Waals surface area (Å²) in [5, 5.41) is 13.5. The number of aromatic nitrogens is 2. The highest BCUT2D eigenvalue weighted by Crippen LogP contribution is 2.31. The predicted octanol–water partition coefficient (Wildman–Crippen LogP) is 5.34. The smallest absolute Gasteiger partial charge is 0.206 e. The summed E-state index contributed by atoms with van der Waals surface area (Å²) in [4.78, 5) is 0. The van der Waals surface area contributed by atoms with Gasteiger partial charge >= 0.3 is 0 Å². The maximum atomic E-state index is 6.15. The Labute approximate surface area is 145 Å². The van der Waals surface area contributed by atoms with Gasteiger partial charge in [0.05, 0.1) is 12.8 Å². The van der Waals surface area contributed by atoms with Crippen LogP contribution in [0.2, 0.25) is 10.0 Å². The summed E-state index contributed by atoms with van der Waals surface area (Å²) < 4.78 is 6.14. The van der Waals surface area contributed by atoms with Crippen LogP contribution >= 0.6 is 46.3 Å². The van der Waals surface area contributed by atoms with Crippen LogP contribution in [0, 0.1) is 0 Å². The molecule has 0 amide bonds. The first-order valence-electron chi connectivity index (χ1n) is 6.37. The summed E-state index contributed by atoms with van der Waals surface area (Å²) >= 11 is 15.1. The van der Waals surface area contributed by atoms with E-state index < -0.39 is 0 Å². The van der Waals surface area contributed by atoms with Crippen LogP contribution in [0.4, 0.5) is 5.13 Å². The van der Waals surface area contributed by atoms with Crippen LogP contribution in [0.3, 0.4) is 0 Å². The molecule has 3 rings (SSSR count). The van der Waals surface area contributed by atoms with Gasteiger partial charge in [0, 0.05) is 15.8 Å². The zero-order valence-corrected chi connectivity index (χ0v) is 14.4. The first kappa shape index (κ1) is 15.7. The van der Waals surface area contributed by atoms with E-state index in [0.29, 0.717) is 16.6 Å². The van der Waals surface area contributed by atoms with E-state index in [9.17, 15) is 0 Å². The third-order valence-electron chi connectivity index (χ3n) is 2.77. The average Bonchev–Trinajstić information content (AvgIpc) is 3.16. The molecular weight excluding hydrogens is 361 g/mol. The third-order valence-corrected chi connectivity index (χ3v) is 5.42. The fourth-order valence-corrected chi connectivity index (χ4v) is 4.00. The molecule has 8 heteroatoms. The quantitative estimate of drug-likeness (QED) is 0.592. The molecule has 22 heavy (non-hydrogen) atoms. The van der Waals surface area contributed by atoms with Crippen molar-refractivity contribution < 1.29 is 4.42 Å². The molecule has 0 spiro atoms. The van der Waals surface area contributed by atoms with Gasteiger partial charge in [-0.2, -0.15) is 0 Å². The number of halogens is 2. The van der Waals surface area contributed by atoms with E-state index in [4.69, 9.17) is 27.6 Å². The maximum absolute atomic E-state index is 6.15. The van der Waals surface area contributed by atoms with Crippen LogP contribution in [0.15, 0.2) is 45.4 Å². The molecule has 0 saturated carbocycles. The molecule has 0 radical (unpaired) electrons. The molecule has 0 atom stereocenters. The van der Waals surface area contributed by atoms with Crippen molar-refractivity contribution in [2.75, 3.05) is 5.32 Å². The summed E-state index contributed by atoms with van der Waals surface area (Å²) in [6, 6.07) is 9.27. The van der Waals surface area contributed by atoms with Crippen molar-refractivity contribution in [3.05, 3.63) is 58.0 Å². The molecule has 3 aromatic rings. The number of hydrogen-bond acceptors (Lipinski definition) is 6. The molecule has 0 unspecified atom stereocenters. The molecule has 2 heterocycles. The molecule has 2 aromatic heterocycles. The molecular formula is C14H11Cl2N3OS2. The van der Waals surface area contributed by atoms with Crippen molar-refractivity contribution in [2.24, 2.45) is 0 Å². The first-order chi connectivity index (χ1) is 10.7. The van der Waals surface area contributed by atoms with E-state index in [1.807, 2.05) is 24.3 Å². The minimum Gasteiger partial charge on any atom is -0.467 e. The van der Waals surface area contributed by atoms with Crippen LogP contribution in [0.25, 0.3) is 0 Å². The van der Waals surface area contributed by atoms with E-state index in [-0.39, 0.29) is 0 Å². The van der Waals surface area contributed by atoms with Crippen LogP contribution in [0.5, 0.6) is 0 Å². The predicted molar refractivity (Wildman–Crippen MR) is 92.0 cm³/mol. The number of anilines is 1. The van der Waals surface area contributed by atoms with Gasteiger partial charge in [-0.3, -0.25) is 0 Å². The minimum absolute atomic E-state index is 0.593. The monoisotopic (exact) mass is 371 g/mol. The number of furan rings is 1. The zero-order chi connectivity index (χ0) is 15.4. The zero-order valence-electron chi connectivity index (χ0n) is 11.3. The van der Waals surface area contributed by atoms with Crippen molar-refractivity contribution in [3.63, 3.8) is 0 Å². The summed E-state index contributed by atoms with van der Waals surface area (Å²) in [7, 11) is 0. The van der Waals surface area contributed by atoms with Gasteiger partial charge < -0.3 is 9.73 Å². The van der Waals surface area contributed by atoms with Gasteiger partial charge in [-0.05, 0) is 29.8 Å². The Kier molecular flexibility index (Phi) is 5.25. The average molecular weight is 372 g/mol. The molecule has 0 saturated heterocycles. The normalized spacial score (nSPS) is 10.8. The molecule has 0 fully saturated rings. The van der Waals surface area contributed by atoms with Crippen molar-refractivity contribution in [1.82, 2.24) is 10.2 Å². The lowest BCUT2D eigenvalue weighted by Crippen LogP contribution is -1.96. The lowest BCUT2D eigenvalue weighted by atomic mass is 10.2. The highest BCUT2D eigenvalue weighted by atomic mass is 35.5. The number of rotatable bonds is 6. The van der Waals surface area contributed by atoms with Gasteiger partial charge in [-0.15, -0.1) is 10.2 Å². The topological polar surface area (TPSA) is 51.0 Å². The Morgan fingerprint density at radius 2 is 2.14 bits per heavy atom. The van der Waals surface area contributed by atoms with E-state index in [2.05, 4.69) is 15.5 Å². The van der Waals surface area contributed by atoms with Gasteiger partial charge in [0.25, 0.3) is 0 Å². The second-order valence-corrected chi connectivity index (χ2v) is 7.37. The minimum atomic E-state index is 0.593. The molecule has 114 valence electrons. The molecule has 4 nitrogen and oxygen atoms in total. The Morgan fingerprint density at radius 3 is 2.91 bits per heavy atom. The Hall–Kier alpha value is -1.21. The molecule has 1 aromatic carbocycles. The highest BCUT2D eigenvalue weighted by molar-refractivity contribution is 8.00. The fourth-order valence-electron chi connectivity index (χ4n) is 1.69. The van der Waals surface area contributed by atoms with Gasteiger partial charge in [-0.1, -0.05) is 52.4 Å². The molecule has 1 N–H and O–H groups in total. The lowest BCUT2D eigenvalue weighted by Gasteiger charge is -2.02. The van der Waals surface area contributed by atoms with Crippen LogP contribution < -0.4 is 5.32 Å². The lowest BCUT2D eigenvalue weighted by molar-refractivity contribution is 0.518. The first-order valence-corrected chi connectivity index (χ1v) is 8.93. The number of hydrogen-bond donors (Lipinski definition) is 1. The molecule has 0 bridgehead atoms. The van der Waals surface area contributed by atoms with Gasteiger partial charge in [0.15, 0.2) is 4.34 Å². The van der Waals surface area contributed by atoms with Crippen molar-refractivity contribution in [2.45, 2.75) is 16.6 Å². The Bertz CT molecular complexity index is 746. The van der Waals surface area contributed by atoms with Crippen LogP contribution in [-0.4, -0.2) is 10.2 Å². The van der Waals surface area contributed by atoms with Crippen molar-refractivity contribution >= 4 is 51.4 Å². The standard InChI is InChI=1S/C14H11Cl2N3OS2/c15-10-4-3-9(12(16)6-10)8-21-14-19-18-13(22-14)17-7-11-2-1-5-20-11/h1-6H,7-8H2,(H,17,18). The number of benzene rings is 1. The van der Waals surface area contributed by atoms with Crippen molar-refractivity contribution in [3.8, 4) is 0 Å². The number of thioether (sulfide) groups is 1. The second kappa shape index (κ2) is 7.37. The van der Waals surface area contributed by atoms with Gasteiger partial charge in [-0.25, -0.2) is 0 Å². The van der Waals surface area contributed by atoms with E-state index >= 15 is 0 Å². The van der Waals surface area contributed by atoms with Gasteiger partial charge in [0.1, 0.15) is 5.76 Å². The maximum Gasteiger partial charge on any atom is 0.206 e. The van der Waals surface area contributed by atoms with E-state index in [1.54, 1.807) is 24.1 Å². The largest absolute Gasteiger partial charge is 0.467 e.